The number of unbranched alkanes of at least 4 members (excludes halogenated alkanes) is 2. The summed E-state index contributed by atoms with van der Waals surface area (Å²) in [5.74, 6) is 0. The van der Waals surface area contributed by atoms with Crippen LogP contribution in [0, 0.1) is 6.92 Å². The van der Waals surface area contributed by atoms with Gasteiger partial charge in [-0.15, -0.1) is 0 Å². The number of rotatable bonds is 7. The topological polar surface area (TPSA) is 43.4 Å². The highest BCUT2D eigenvalue weighted by atomic mass is 32.2. The van der Waals surface area contributed by atoms with Crippen molar-refractivity contribution in [2.45, 2.75) is 56.7 Å². The maximum absolute atomic E-state index is 12.9. The summed E-state index contributed by atoms with van der Waals surface area (Å²) in [6.07, 6.45) is -5.75. The molecule has 0 N–H and O–H groups in total. The van der Waals surface area contributed by atoms with Crippen molar-refractivity contribution < 1.29 is 25.8 Å². The van der Waals surface area contributed by atoms with Crippen LogP contribution in [0.3, 0.4) is 0 Å². The number of aryl methyl sites for hydroxylation is 1. The lowest BCUT2D eigenvalue weighted by atomic mass is 10.1. The van der Waals surface area contributed by atoms with Crippen molar-refractivity contribution in [1.29, 1.82) is 0 Å². The van der Waals surface area contributed by atoms with E-state index in [-0.39, 0.29) is 17.7 Å². The first-order valence-electron chi connectivity index (χ1n) is 6.73. The van der Waals surface area contributed by atoms with Crippen LogP contribution < -0.4 is 0 Å². The van der Waals surface area contributed by atoms with Crippen molar-refractivity contribution in [1.82, 2.24) is 0 Å². The van der Waals surface area contributed by atoms with Gasteiger partial charge in [0.05, 0.1) is 4.90 Å². The lowest BCUT2D eigenvalue weighted by Crippen LogP contribution is -2.33. The molecule has 0 bridgehead atoms. The number of hydrogen-bond donors (Lipinski definition) is 0. The van der Waals surface area contributed by atoms with Crippen LogP contribution in [0.15, 0.2) is 29.2 Å². The maximum Gasteiger partial charge on any atom is 0.416 e. The van der Waals surface area contributed by atoms with E-state index < -0.39 is 22.4 Å². The van der Waals surface area contributed by atoms with Crippen LogP contribution in [-0.4, -0.2) is 20.7 Å². The van der Waals surface area contributed by atoms with Gasteiger partial charge in [0, 0.05) is 0 Å². The zero-order valence-electron chi connectivity index (χ0n) is 12.0. The minimum Gasteiger partial charge on any atom is -0.253 e. The second-order valence-electron chi connectivity index (χ2n) is 4.89. The summed E-state index contributed by atoms with van der Waals surface area (Å²) in [4.78, 5) is -0.266. The van der Waals surface area contributed by atoms with Crippen LogP contribution in [0.1, 0.15) is 38.2 Å². The smallest absolute Gasteiger partial charge is 0.253 e. The number of hydrogen-bond acceptors (Lipinski definition) is 3. The summed E-state index contributed by atoms with van der Waals surface area (Å²) >= 11 is 0. The summed E-state index contributed by atoms with van der Waals surface area (Å²) < 4.78 is 66.8. The van der Waals surface area contributed by atoms with Gasteiger partial charge in [-0.05, 0) is 25.5 Å². The first kappa shape index (κ1) is 18.0. The third kappa shape index (κ3) is 5.67. The zero-order chi connectivity index (χ0) is 16.1. The van der Waals surface area contributed by atoms with E-state index in [4.69, 9.17) is 0 Å². The lowest BCUT2D eigenvalue weighted by Gasteiger charge is -2.20. The summed E-state index contributed by atoms with van der Waals surface area (Å²) in [5.41, 5.74) is 0.810. The van der Waals surface area contributed by atoms with Crippen LogP contribution >= 0.6 is 0 Å². The normalized spacial score (nSPS) is 14.1. The highest BCUT2D eigenvalue weighted by molar-refractivity contribution is 7.86. The fraction of sp³-hybridized carbons (Fsp3) is 0.571. The van der Waals surface area contributed by atoms with Crippen LogP contribution in [-0.2, 0) is 14.3 Å². The van der Waals surface area contributed by atoms with Gasteiger partial charge in [-0.1, -0.05) is 43.9 Å². The molecule has 0 aromatic heterocycles. The van der Waals surface area contributed by atoms with E-state index in [1.54, 1.807) is 6.92 Å². The van der Waals surface area contributed by atoms with E-state index in [2.05, 4.69) is 4.18 Å². The second-order valence-corrected chi connectivity index (χ2v) is 6.46. The van der Waals surface area contributed by atoms with Gasteiger partial charge in [0.1, 0.15) is 0 Å². The fourth-order valence-corrected chi connectivity index (χ4v) is 2.85. The predicted octanol–water partition coefficient (Wildman–Crippen LogP) is 4.21. The average molecular weight is 324 g/mol. The Balaban J connectivity index is 2.88. The minimum atomic E-state index is -4.70. The molecule has 0 aliphatic carbocycles. The maximum atomic E-state index is 12.9. The molecule has 1 aromatic carbocycles. The van der Waals surface area contributed by atoms with Gasteiger partial charge < -0.3 is 0 Å². The minimum absolute atomic E-state index is 0.266. The molecule has 21 heavy (non-hydrogen) atoms. The van der Waals surface area contributed by atoms with Gasteiger partial charge in [-0.3, -0.25) is 4.18 Å². The lowest BCUT2D eigenvalue weighted by molar-refractivity contribution is -0.195. The molecule has 0 fully saturated rings. The molecule has 7 heteroatoms. The molecule has 0 spiro atoms. The van der Waals surface area contributed by atoms with Gasteiger partial charge in [0.25, 0.3) is 10.1 Å². The molecular formula is C14H19F3O3S. The first-order valence-corrected chi connectivity index (χ1v) is 8.14. The van der Waals surface area contributed by atoms with Crippen molar-refractivity contribution in [3.63, 3.8) is 0 Å². The number of alkyl halides is 3. The Kier molecular flexibility index (Phi) is 6.22. The van der Waals surface area contributed by atoms with Gasteiger partial charge in [0.15, 0.2) is 6.10 Å². The Morgan fingerprint density at radius 2 is 1.71 bits per heavy atom. The fourth-order valence-electron chi connectivity index (χ4n) is 1.76. The van der Waals surface area contributed by atoms with E-state index in [0.29, 0.717) is 6.42 Å². The van der Waals surface area contributed by atoms with Crippen molar-refractivity contribution in [3.8, 4) is 0 Å². The van der Waals surface area contributed by atoms with Crippen LogP contribution in [0.2, 0.25) is 0 Å². The highest BCUT2D eigenvalue weighted by Gasteiger charge is 2.43. The molecule has 0 radical (unpaired) electrons. The first-order chi connectivity index (χ1) is 9.66. The average Bonchev–Trinajstić information content (AvgIpc) is 2.37. The molecule has 0 heterocycles. The Labute approximate surface area is 123 Å². The molecule has 1 unspecified atom stereocenters. The van der Waals surface area contributed by atoms with E-state index in [9.17, 15) is 21.6 Å². The second kappa shape index (κ2) is 7.26. The highest BCUT2D eigenvalue weighted by Crippen LogP contribution is 2.30. The molecule has 0 aliphatic rings. The molecular weight excluding hydrogens is 305 g/mol. The summed E-state index contributed by atoms with van der Waals surface area (Å²) in [7, 11) is -4.42. The summed E-state index contributed by atoms with van der Waals surface area (Å²) in [6.45, 7) is 3.60. The standard InChI is InChI=1S/C14H19F3O3S/c1-3-4-5-6-13(14(15,16)17)20-21(18,19)12-9-7-11(2)8-10-12/h7-10,13H,3-6H2,1-2H3. The van der Waals surface area contributed by atoms with Crippen molar-refractivity contribution in [2.75, 3.05) is 0 Å². The molecule has 1 rings (SSSR count). The molecule has 120 valence electrons. The summed E-state index contributed by atoms with van der Waals surface area (Å²) in [5, 5.41) is 0. The zero-order valence-corrected chi connectivity index (χ0v) is 12.8. The van der Waals surface area contributed by atoms with Gasteiger partial charge in [-0.25, -0.2) is 0 Å². The molecule has 1 aromatic rings. The van der Waals surface area contributed by atoms with Gasteiger partial charge in [-0.2, -0.15) is 21.6 Å². The van der Waals surface area contributed by atoms with E-state index in [0.717, 1.165) is 12.0 Å². The van der Waals surface area contributed by atoms with Crippen LogP contribution in [0.25, 0.3) is 0 Å². The van der Waals surface area contributed by atoms with E-state index in [1.165, 1.54) is 24.3 Å². The molecule has 0 amide bonds. The largest absolute Gasteiger partial charge is 0.416 e. The summed E-state index contributed by atoms with van der Waals surface area (Å²) in [6, 6.07) is 5.50. The molecule has 0 saturated carbocycles. The Hall–Kier alpha value is -1.08. The molecule has 0 aliphatic heterocycles. The Morgan fingerprint density at radius 3 is 2.19 bits per heavy atom. The number of benzene rings is 1. The molecule has 0 saturated heterocycles. The number of halogens is 3. The molecule has 1 atom stereocenters. The van der Waals surface area contributed by atoms with Crippen LogP contribution in [0.4, 0.5) is 13.2 Å². The van der Waals surface area contributed by atoms with E-state index in [1.807, 2.05) is 6.92 Å². The Bertz CT molecular complexity index is 536. The monoisotopic (exact) mass is 324 g/mol. The predicted molar refractivity (Wildman–Crippen MR) is 73.4 cm³/mol. The Morgan fingerprint density at radius 1 is 1.14 bits per heavy atom. The van der Waals surface area contributed by atoms with E-state index >= 15 is 0 Å². The third-order valence-electron chi connectivity index (χ3n) is 2.99. The van der Waals surface area contributed by atoms with Crippen molar-refractivity contribution >= 4 is 10.1 Å². The van der Waals surface area contributed by atoms with Crippen LogP contribution in [0.5, 0.6) is 0 Å². The SMILES string of the molecule is CCCCCC(OS(=O)(=O)c1ccc(C)cc1)C(F)(F)F. The molecule has 3 nitrogen and oxygen atoms in total. The quantitative estimate of drug-likeness (QED) is 0.557. The van der Waals surface area contributed by atoms with Gasteiger partial charge in [0.2, 0.25) is 0 Å². The van der Waals surface area contributed by atoms with Gasteiger partial charge >= 0.3 is 6.18 Å². The van der Waals surface area contributed by atoms with Crippen molar-refractivity contribution in [2.24, 2.45) is 0 Å². The van der Waals surface area contributed by atoms with Crippen molar-refractivity contribution in [3.05, 3.63) is 29.8 Å². The third-order valence-corrected chi connectivity index (χ3v) is 4.32.